The Bertz CT molecular complexity index is 895. The normalized spacial score (nSPS) is 11.0. The second-order valence-electron chi connectivity index (χ2n) is 5.06. The summed E-state index contributed by atoms with van der Waals surface area (Å²) in [5.41, 5.74) is 3.15. The molecule has 108 valence electrons. The monoisotopic (exact) mass is 302 g/mol. The molecule has 3 rings (SSSR count). The molecule has 0 aliphatic heterocycles. The van der Waals surface area contributed by atoms with E-state index in [9.17, 15) is 4.79 Å². The molecule has 0 amide bonds. The van der Waals surface area contributed by atoms with E-state index >= 15 is 0 Å². The molecule has 0 spiro atoms. The van der Waals surface area contributed by atoms with Gasteiger partial charge >= 0.3 is 0 Å². The van der Waals surface area contributed by atoms with Crippen molar-refractivity contribution < 1.29 is 0 Å². The first-order valence-corrected chi connectivity index (χ1v) is 6.89. The van der Waals surface area contributed by atoms with Crippen LogP contribution in [0.3, 0.4) is 0 Å². The first kappa shape index (κ1) is 13.7. The third-order valence-corrected chi connectivity index (χ3v) is 3.90. The van der Waals surface area contributed by atoms with Crippen molar-refractivity contribution in [1.29, 1.82) is 0 Å². The third kappa shape index (κ3) is 2.29. The second kappa shape index (κ2) is 4.93. The second-order valence-corrected chi connectivity index (χ2v) is 5.46. The molecule has 1 aromatic carbocycles. The average Bonchev–Trinajstić information content (AvgIpc) is 2.74. The van der Waals surface area contributed by atoms with Gasteiger partial charge < -0.3 is 9.88 Å². The summed E-state index contributed by atoms with van der Waals surface area (Å²) in [4.78, 5) is 11.9. The highest BCUT2D eigenvalue weighted by atomic mass is 35.5. The van der Waals surface area contributed by atoms with E-state index in [1.54, 1.807) is 20.2 Å². The van der Waals surface area contributed by atoms with Crippen LogP contribution >= 0.6 is 11.6 Å². The largest absolute Gasteiger partial charge is 0.354 e. The van der Waals surface area contributed by atoms with Crippen LogP contribution in [-0.4, -0.2) is 14.3 Å². The van der Waals surface area contributed by atoms with Gasteiger partial charge in [-0.05, 0) is 25.1 Å². The van der Waals surface area contributed by atoms with Crippen LogP contribution in [0.15, 0.2) is 35.4 Å². The Balaban J connectivity index is 2.04. The van der Waals surface area contributed by atoms with Crippen LogP contribution in [-0.2, 0) is 14.1 Å². The highest BCUT2D eigenvalue weighted by molar-refractivity contribution is 6.35. The Hall–Kier alpha value is -2.27. The number of halogens is 1. The molecule has 2 aromatic heterocycles. The molecule has 0 bridgehead atoms. The van der Waals surface area contributed by atoms with Gasteiger partial charge in [-0.15, -0.1) is 0 Å². The van der Waals surface area contributed by atoms with Crippen molar-refractivity contribution in [2.24, 2.45) is 14.1 Å². The van der Waals surface area contributed by atoms with E-state index in [-0.39, 0.29) is 5.56 Å². The van der Waals surface area contributed by atoms with Crippen LogP contribution in [0.5, 0.6) is 0 Å². The molecule has 21 heavy (non-hydrogen) atoms. The maximum Gasteiger partial charge on any atom is 0.271 e. The topological polar surface area (TPSA) is 51.9 Å². The molecule has 0 radical (unpaired) electrons. The number of fused-ring (bicyclic) bond motifs is 1. The minimum atomic E-state index is -0.112. The fourth-order valence-electron chi connectivity index (χ4n) is 2.35. The Labute approximate surface area is 126 Å². The zero-order valence-corrected chi connectivity index (χ0v) is 12.8. The fourth-order valence-corrected chi connectivity index (χ4v) is 2.65. The van der Waals surface area contributed by atoms with Crippen molar-refractivity contribution in [1.82, 2.24) is 14.3 Å². The third-order valence-electron chi connectivity index (χ3n) is 3.60. The van der Waals surface area contributed by atoms with Gasteiger partial charge in [-0.1, -0.05) is 11.6 Å². The molecule has 1 N–H and O–H groups in total. The van der Waals surface area contributed by atoms with Crippen molar-refractivity contribution in [3.05, 3.63) is 51.5 Å². The van der Waals surface area contributed by atoms with Crippen molar-refractivity contribution in [2.75, 3.05) is 5.32 Å². The van der Waals surface area contributed by atoms with Crippen LogP contribution in [0.25, 0.3) is 10.9 Å². The van der Waals surface area contributed by atoms with Crippen LogP contribution < -0.4 is 10.9 Å². The molecule has 0 unspecified atom stereocenters. The number of hydrogen-bond acceptors (Lipinski definition) is 3. The first-order valence-electron chi connectivity index (χ1n) is 6.52. The molecule has 3 aromatic rings. The summed E-state index contributed by atoms with van der Waals surface area (Å²) in [5, 5.41) is 8.93. The van der Waals surface area contributed by atoms with E-state index in [4.69, 9.17) is 11.6 Å². The van der Waals surface area contributed by atoms with Gasteiger partial charge in [-0.25, -0.2) is 4.68 Å². The molecule has 2 heterocycles. The van der Waals surface area contributed by atoms with Gasteiger partial charge in [-0.2, -0.15) is 5.10 Å². The summed E-state index contributed by atoms with van der Waals surface area (Å²) in [6, 6.07) is 5.91. The summed E-state index contributed by atoms with van der Waals surface area (Å²) >= 11 is 6.22. The lowest BCUT2D eigenvalue weighted by atomic mass is 10.2. The predicted molar refractivity (Wildman–Crippen MR) is 85.4 cm³/mol. The van der Waals surface area contributed by atoms with Gasteiger partial charge in [0.15, 0.2) is 0 Å². The first-order chi connectivity index (χ1) is 9.97. The van der Waals surface area contributed by atoms with Crippen LogP contribution in [0.1, 0.15) is 5.56 Å². The molecule has 0 atom stereocenters. The van der Waals surface area contributed by atoms with Crippen LogP contribution in [0, 0.1) is 6.92 Å². The van der Waals surface area contributed by atoms with Gasteiger partial charge in [0.2, 0.25) is 0 Å². The summed E-state index contributed by atoms with van der Waals surface area (Å²) in [6.45, 7) is 1.78. The van der Waals surface area contributed by atoms with Gasteiger partial charge in [0.05, 0.1) is 16.9 Å². The summed E-state index contributed by atoms with van der Waals surface area (Å²) in [6.07, 6.45) is 3.52. The maximum atomic E-state index is 11.9. The average molecular weight is 303 g/mol. The number of benzene rings is 1. The highest BCUT2D eigenvalue weighted by Gasteiger charge is 2.08. The van der Waals surface area contributed by atoms with E-state index < -0.39 is 0 Å². The Morgan fingerprint density at radius 2 is 2.05 bits per heavy atom. The van der Waals surface area contributed by atoms with Crippen molar-refractivity contribution >= 4 is 33.9 Å². The van der Waals surface area contributed by atoms with Gasteiger partial charge in [-0.3, -0.25) is 4.79 Å². The number of anilines is 2. The lowest BCUT2D eigenvalue weighted by molar-refractivity contribution is 0.702. The van der Waals surface area contributed by atoms with Gasteiger partial charge in [0.25, 0.3) is 5.56 Å². The molecule has 0 saturated carbocycles. The van der Waals surface area contributed by atoms with Crippen molar-refractivity contribution in [3.63, 3.8) is 0 Å². The van der Waals surface area contributed by atoms with Crippen molar-refractivity contribution in [2.45, 2.75) is 6.92 Å². The zero-order chi connectivity index (χ0) is 15.1. The minimum absolute atomic E-state index is 0.112. The fraction of sp³-hybridized carbons (Fsp3) is 0.200. The molecule has 5 nitrogen and oxygen atoms in total. The van der Waals surface area contributed by atoms with E-state index in [1.165, 1.54) is 4.68 Å². The number of aromatic nitrogens is 3. The standard InChI is InChI=1S/C15H15ClN4O/c1-9-13(7-17-20(3)15(9)21)18-10-4-5-14-11(6-10)12(16)8-19(14)2/h4-8,18H,1-3H3. The minimum Gasteiger partial charge on any atom is -0.354 e. The van der Waals surface area contributed by atoms with E-state index in [0.717, 1.165) is 16.6 Å². The van der Waals surface area contributed by atoms with Gasteiger partial charge in [0.1, 0.15) is 0 Å². The molecule has 0 aliphatic rings. The predicted octanol–water partition coefficient (Wildman–Crippen LogP) is 2.98. The molecule has 0 fully saturated rings. The van der Waals surface area contributed by atoms with E-state index in [2.05, 4.69) is 10.4 Å². The Morgan fingerprint density at radius 3 is 2.81 bits per heavy atom. The molecular formula is C15H15ClN4O. The Kier molecular flexibility index (Phi) is 3.22. The SMILES string of the molecule is Cc1c(Nc2ccc3c(c2)c(Cl)cn3C)cnn(C)c1=O. The lowest BCUT2D eigenvalue weighted by Crippen LogP contribution is -2.22. The molecule has 6 heteroatoms. The van der Waals surface area contributed by atoms with Crippen LogP contribution in [0.4, 0.5) is 11.4 Å². The number of rotatable bonds is 2. The molecular weight excluding hydrogens is 288 g/mol. The maximum absolute atomic E-state index is 11.9. The quantitative estimate of drug-likeness (QED) is 0.792. The lowest BCUT2D eigenvalue weighted by Gasteiger charge is -2.10. The summed E-state index contributed by atoms with van der Waals surface area (Å²) < 4.78 is 3.30. The summed E-state index contributed by atoms with van der Waals surface area (Å²) in [5.74, 6) is 0. The number of aryl methyl sites for hydroxylation is 2. The summed E-state index contributed by atoms with van der Waals surface area (Å²) in [7, 11) is 3.59. The zero-order valence-electron chi connectivity index (χ0n) is 12.0. The smallest absolute Gasteiger partial charge is 0.271 e. The molecule has 0 saturated heterocycles. The number of nitrogens with zero attached hydrogens (tertiary/aromatic N) is 3. The Morgan fingerprint density at radius 1 is 1.29 bits per heavy atom. The number of nitrogens with one attached hydrogen (secondary N) is 1. The van der Waals surface area contributed by atoms with E-state index in [0.29, 0.717) is 16.3 Å². The number of hydrogen-bond donors (Lipinski definition) is 1. The van der Waals surface area contributed by atoms with E-state index in [1.807, 2.05) is 36.0 Å². The molecule has 0 aliphatic carbocycles. The van der Waals surface area contributed by atoms with Crippen LogP contribution in [0.2, 0.25) is 5.02 Å². The van der Waals surface area contributed by atoms with Crippen molar-refractivity contribution in [3.8, 4) is 0 Å². The van der Waals surface area contributed by atoms with Gasteiger partial charge in [0, 0.05) is 42.4 Å². The highest BCUT2D eigenvalue weighted by Crippen LogP contribution is 2.29.